The number of carbonyl (C=O) groups excluding carboxylic acids is 3. The molecule has 2 atom stereocenters. The predicted octanol–water partition coefficient (Wildman–Crippen LogP) is 2.40. The molecular weight excluding hydrogens is 647 g/mol. The monoisotopic (exact) mass is 686 g/mol. The molecule has 2 amide bonds. The highest BCUT2D eigenvalue weighted by Gasteiger charge is 2.60. The first-order valence-electron chi connectivity index (χ1n) is 15.1. The number of ether oxygens (including phenoxy) is 1. The molecule has 0 radical (unpaired) electrons. The van der Waals surface area contributed by atoms with Gasteiger partial charge >= 0.3 is 5.97 Å². The molecule has 1 saturated heterocycles. The zero-order valence-electron chi connectivity index (χ0n) is 25.9. The van der Waals surface area contributed by atoms with Crippen LogP contribution in [0.25, 0.3) is 0 Å². The van der Waals surface area contributed by atoms with Crippen molar-refractivity contribution in [2.45, 2.75) is 51.3 Å². The molecule has 1 fully saturated rings. The lowest BCUT2D eigenvalue weighted by atomic mass is 9.96. The normalized spacial score (nSPS) is 16.3. The number of rotatable bonds is 10. The Labute approximate surface area is 277 Å². The Balaban J connectivity index is 0.00000461. The standard InChI is InChI=1S/C37H39N2O4P.BrH/c1-37(2,3)43-34(41)24-23-33(40)39-32-22-14-13-15-27(32)25-28-26-38-36(42)35(28)44(29-16-7-4-8-17-29,30-18-9-5-10-19-30)31-20-11-6-12-21-31;/h4-22,28,35H,23-26H2,1-3H3,(H-,38,39,40,42);1H. The molecule has 1 aliphatic heterocycles. The van der Waals surface area contributed by atoms with Crippen molar-refractivity contribution in [1.29, 1.82) is 0 Å². The van der Waals surface area contributed by atoms with Gasteiger partial charge in [0.1, 0.15) is 28.8 Å². The molecule has 2 N–H and O–H groups in total. The van der Waals surface area contributed by atoms with Gasteiger partial charge in [-0.1, -0.05) is 72.8 Å². The first-order chi connectivity index (χ1) is 21.2. The van der Waals surface area contributed by atoms with Crippen molar-refractivity contribution in [3.8, 4) is 0 Å². The number of esters is 1. The molecule has 0 spiro atoms. The van der Waals surface area contributed by atoms with E-state index in [-0.39, 0.29) is 53.2 Å². The third kappa shape index (κ3) is 7.89. The molecule has 0 aliphatic carbocycles. The first-order valence-corrected chi connectivity index (χ1v) is 17.0. The molecule has 4 aromatic carbocycles. The van der Waals surface area contributed by atoms with Crippen molar-refractivity contribution in [2.75, 3.05) is 11.9 Å². The Kier molecular flexibility index (Phi) is 11.4. The summed E-state index contributed by atoms with van der Waals surface area (Å²) in [6.07, 6.45) is 0.632. The summed E-state index contributed by atoms with van der Waals surface area (Å²) < 4.78 is 5.36. The van der Waals surface area contributed by atoms with E-state index in [1.807, 2.05) is 63.2 Å². The lowest BCUT2D eigenvalue weighted by Crippen LogP contribution is -3.00. The average molecular weight is 688 g/mol. The Bertz CT molecular complexity index is 1500. The number of hydrogen-bond donors (Lipinski definition) is 2. The Morgan fingerprint density at radius 2 is 1.27 bits per heavy atom. The summed E-state index contributed by atoms with van der Waals surface area (Å²) in [4.78, 5) is 39.2. The van der Waals surface area contributed by atoms with Crippen molar-refractivity contribution >= 4 is 46.6 Å². The second kappa shape index (κ2) is 15.0. The minimum absolute atomic E-state index is 0. The van der Waals surface area contributed by atoms with E-state index in [1.54, 1.807) is 0 Å². The number of amides is 2. The van der Waals surface area contributed by atoms with E-state index in [1.165, 1.54) is 0 Å². The van der Waals surface area contributed by atoms with Gasteiger partial charge in [-0.05, 0) is 75.2 Å². The third-order valence-electron chi connectivity index (χ3n) is 7.91. The molecule has 1 aliphatic rings. The summed E-state index contributed by atoms with van der Waals surface area (Å²) >= 11 is 0. The summed E-state index contributed by atoms with van der Waals surface area (Å²) in [6.45, 7) is 5.96. The van der Waals surface area contributed by atoms with E-state index in [2.05, 4.69) is 83.4 Å². The molecule has 6 nitrogen and oxygen atoms in total. The van der Waals surface area contributed by atoms with Gasteiger partial charge in [0.15, 0.2) is 5.66 Å². The molecule has 0 saturated carbocycles. The van der Waals surface area contributed by atoms with Crippen molar-refractivity contribution in [1.82, 2.24) is 5.32 Å². The fourth-order valence-electron chi connectivity index (χ4n) is 6.18. The number of benzene rings is 4. The van der Waals surface area contributed by atoms with Gasteiger partial charge in [-0.15, -0.1) is 0 Å². The highest BCUT2D eigenvalue weighted by atomic mass is 79.9. The molecular formula is C37H40BrN2O4P. The minimum Gasteiger partial charge on any atom is -1.00 e. The van der Waals surface area contributed by atoms with Crippen LogP contribution in [0.3, 0.4) is 0 Å². The van der Waals surface area contributed by atoms with E-state index in [0.717, 1.165) is 21.5 Å². The zero-order valence-corrected chi connectivity index (χ0v) is 28.4. The number of halogens is 1. The van der Waals surface area contributed by atoms with Crippen LogP contribution in [-0.4, -0.2) is 35.6 Å². The molecule has 4 aromatic rings. The number of para-hydroxylation sites is 1. The largest absolute Gasteiger partial charge is 1.00 e. The maximum Gasteiger partial charge on any atom is 0.306 e. The highest BCUT2D eigenvalue weighted by Crippen LogP contribution is 2.63. The summed E-state index contributed by atoms with van der Waals surface area (Å²) in [6, 6.07) is 39.1. The fourth-order valence-corrected chi connectivity index (χ4v) is 11.3. The van der Waals surface area contributed by atoms with Gasteiger partial charge in [0.25, 0.3) is 5.91 Å². The van der Waals surface area contributed by atoms with E-state index >= 15 is 0 Å². The fraction of sp³-hybridized carbons (Fsp3) is 0.270. The number of anilines is 1. The quantitative estimate of drug-likeness (QED) is 0.198. The lowest BCUT2D eigenvalue weighted by Gasteiger charge is -2.34. The molecule has 5 rings (SSSR count). The van der Waals surface area contributed by atoms with Gasteiger partial charge in [0.2, 0.25) is 5.91 Å². The van der Waals surface area contributed by atoms with Crippen LogP contribution in [0.2, 0.25) is 0 Å². The van der Waals surface area contributed by atoms with Crippen LogP contribution in [0.5, 0.6) is 0 Å². The topological polar surface area (TPSA) is 84.5 Å². The van der Waals surface area contributed by atoms with E-state index in [0.29, 0.717) is 18.7 Å². The van der Waals surface area contributed by atoms with Crippen LogP contribution in [0.1, 0.15) is 39.2 Å². The third-order valence-corrected chi connectivity index (χ3v) is 12.7. The number of carbonyl (C=O) groups is 3. The minimum atomic E-state index is -2.48. The number of hydrogen-bond acceptors (Lipinski definition) is 4. The molecule has 2 unspecified atom stereocenters. The van der Waals surface area contributed by atoms with Gasteiger partial charge in [-0.25, -0.2) is 0 Å². The smallest absolute Gasteiger partial charge is 0.306 e. The van der Waals surface area contributed by atoms with Gasteiger partial charge in [-0.2, -0.15) is 0 Å². The van der Waals surface area contributed by atoms with Crippen LogP contribution in [0.4, 0.5) is 5.69 Å². The molecule has 234 valence electrons. The molecule has 8 heteroatoms. The second-order valence-electron chi connectivity index (χ2n) is 12.2. The van der Waals surface area contributed by atoms with E-state index in [9.17, 15) is 14.4 Å². The van der Waals surface area contributed by atoms with E-state index < -0.39 is 18.8 Å². The molecule has 0 aromatic heterocycles. The van der Waals surface area contributed by atoms with Crippen LogP contribution < -0.4 is 43.5 Å². The molecule has 1 heterocycles. The summed E-state index contributed by atoms with van der Waals surface area (Å²) in [5.74, 6) is -0.627. The van der Waals surface area contributed by atoms with Crippen LogP contribution in [-0.2, 0) is 25.5 Å². The second-order valence-corrected chi connectivity index (χ2v) is 15.7. The maximum absolute atomic E-state index is 14.1. The van der Waals surface area contributed by atoms with Crippen LogP contribution in [0.15, 0.2) is 115 Å². The summed E-state index contributed by atoms with van der Waals surface area (Å²) in [5.41, 5.74) is 0.742. The van der Waals surface area contributed by atoms with Crippen molar-refractivity contribution in [2.24, 2.45) is 5.92 Å². The van der Waals surface area contributed by atoms with E-state index in [4.69, 9.17) is 4.74 Å². The highest BCUT2D eigenvalue weighted by molar-refractivity contribution is 7.96. The van der Waals surface area contributed by atoms with Gasteiger partial charge in [0.05, 0.1) is 6.42 Å². The summed E-state index contributed by atoms with van der Waals surface area (Å²) in [7, 11) is -2.48. The number of nitrogens with one attached hydrogen (secondary N) is 2. The first kappa shape index (κ1) is 34.1. The van der Waals surface area contributed by atoms with Gasteiger partial charge in [-0.3, -0.25) is 14.4 Å². The van der Waals surface area contributed by atoms with Crippen molar-refractivity contribution in [3.05, 3.63) is 121 Å². The zero-order chi connectivity index (χ0) is 31.2. The maximum atomic E-state index is 14.1. The Hall–Kier alpha value is -3.80. The predicted molar refractivity (Wildman–Crippen MR) is 179 cm³/mol. The van der Waals surface area contributed by atoms with Crippen molar-refractivity contribution in [3.63, 3.8) is 0 Å². The van der Waals surface area contributed by atoms with Crippen molar-refractivity contribution < 1.29 is 36.1 Å². The SMILES string of the molecule is CC(C)(C)OC(=O)CCC(=O)Nc1ccccc1CC1CNC(=O)C1[P+](c1ccccc1)(c1ccccc1)c1ccccc1.[Br-]. The Morgan fingerprint density at radius 3 is 1.78 bits per heavy atom. The molecule has 0 bridgehead atoms. The average Bonchev–Trinajstić information content (AvgIpc) is 3.38. The summed E-state index contributed by atoms with van der Waals surface area (Å²) in [5, 5.41) is 9.72. The molecule has 45 heavy (non-hydrogen) atoms. The van der Waals surface area contributed by atoms with Gasteiger partial charge < -0.3 is 32.4 Å². The Morgan fingerprint density at radius 1 is 0.778 bits per heavy atom. The van der Waals surface area contributed by atoms with Crippen LogP contribution >= 0.6 is 7.26 Å². The lowest BCUT2D eigenvalue weighted by molar-refractivity contribution is -0.155. The van der Waals surface area contributed by atoms with Gasteiger partial charge in [0, 0.05) is 24.6 Å². The van der Waals surface area contributed by atoms with Crippen LogP contribution in [0, 0.1) is 5.92 Å².